The summed E-state index contributed by atoms with van der Waals surface area (Å²) in [5, 5.41) is 0.0511. The van der Waals surface area contributed by atoms with Crippen LogP contribution < -0.4 is 0 Å². The fourth-order valence-corrected chi connectivity index (χ4v) is 4.61. The molecule has 26 heavy (non-hydrogen) atoms. The molecule has 1 heterocycles. The summed E-state index contributed by atoms with van der Waals surface area (Å²) in [6.07, 6.45) is 3.58. The molecule has 1 aliphatic heterocycles. The number of likely N-dealkylation sites (N-methyl/N-ethyl adjacent to an activating group) is 1. The van der Waals surface area contributed by atoms with Gasteiger partial charge in [0, 0.05) is 27.2 Å². The number of benzene rings is 1. The summed E-state index contributed by atoms with van der Waals surface area (Å²) in [6.45, 7) is 0.456. The summed E-state index contributed by atoms with van der Waals surface area (Å²) in [4.78, 5) is 24.9. The zero-order valence-corrected chi connectivity index (χ0v) is 16.5. The van der Waals surface area contributed by atoms with Gasteiger partial charge >= 0.3 is 5.97 Å². The molecular weight excluding hydrogens is 380 g/mol. The lowest BCUT2D eigenvalue weighted by atomic mass is 10.2. The Balaban J connectivity index is 2.23. The summed E-state index contributed by atoms with van der Waals surface area (Å²) >= 11 is 6.10. The molecule has 0 N–H and O–H groups in total. The number of hydrogen-bond donors (Lipinski definition) is 0. The van der Waals surface area contributed by atoms with Gasteiger partial charge in [-0.2, -0.15) is 4.31 Å². The van der Waals surface area contributed by atoms with E-state index in [1.807, 2.05) is 0 Å². The van der Waals surface area contributed by atoms with E-state index >= 15 is 0 Å². The number of carbonyl (C=O) groups is 2. The maximum atomic E-state index is 12.9. The third kappa shape index (κ3) is 4.96. The molecule has 1 aromatic carbocycles. The number of rotatable bonds is 5. The Morgan fingerprint density at radius 1 is 1.15 bits per heavy atom. The molecule has 1 fully saturated rings. The molecule has 1 amide bonds. The zero-order chi connectivity index (χ0) is 19.3. The molecule has 0 aromatic heterocycles. The van der Waals surface area contributed by atoms with E-state index in [1.54, 1.807) is 14.1 Å². The van der Waals surface area contributed by atoms with Gasteiger partial charge in [-0.3, -0.25) is 4.79 Å². The molecule has 144 valence electrons. The van der Waals surface area contributed by atoms with Gasteiger partial charge in [-0.15, -0.1) is 0 Å². The van der Waals surface area contributed by atoms with Gasteiger partial charge in [-0.05, 0) is 31.0 Å². The Morgan fingerprint density at radius 3 is 2.35 bits per heavy atom. The maximum absolute atomic E-state index is 12.9. The molecule has 9 heteroatoms. The molecule has 2 rings (SSSR count). The molecule has 0 aliphatic carbocycles. The van der Waals surface area contributed by atoms with Crippen LogP contribution in [0.3, 0.4) is 0 Å². The Morgan fingerprint density at radius 2 is 1.77 bits per heavy atom. The van der Waals surface area contributed by atoms with Gasteiger partial charge < -0.3 is 9.64 Å². The van der Waals surface area contributed by atoms with Crippen molar-refractivity contribution >= 4 is 33.5 Å². The van der Waals surface area contributed by atoms with Crippen molar-refractivity contribution in [2.75, 3.05) is 33.8 Å². The van der Waals surface area contributed by atoms with Gasteiger partial charge in [0.2, 0.25) is 10.0 Å². The highest BCUT2D eigenvalue weighted by Crippen LogP contribution is 2.28. The minimum absolute atomic E-state index is 0.0364. The molecule has 0 bridgehead atoms. The Hall–Kier alpha value is -1.64. The van der Waals surface area contributed by atoms with Crippen LogP contribution in [0.5, 0.6) is 0 Å². The SMILES string of the molecule is CN(C)C(=O)COC(=O)c1ccc(Cl)c(S(=O)(=O)N2CCCCCC2)c1. The minimum atomic E-state index is -3.80. The number of halogens is 1. The molecule has 1 aliphatic rings. The van der Waals surface area contributed by atoms with E-state index < -0.39 is 22.6 Å². The van der Waals surface area contributed by atoms with E-state index in [-0.39, 0.29) is 21.4 Å². The standard InChI is InChI=1S/C17H23ClN2O5S/c1-19(2)16(21)12-25-17(22)13-7-8-14(18)15(11-13)26(23,24)20-9-5-3-4-6-10-20/h7-8,11H,3-6,9-10,12H2,1-2H3. The molecular formula is C17H23ClN2O5S. The first-order valence-electron chi connectivity index (χ1n) is 8.40. The summed E-state index contributed by atoms with van der Waals surface area (Å²) < 4.78 is 32.2. The van der Waals surface area contributed by atoms with Gasteiger partial charge in [-0.25, -0.2) is 13.2 Å². The smallest absolute Gasteiger partial charge is 0.338 e. The molecule has 0 saturated carbocycles. The van der Waals surface area contributed by atoms with Crippen molar-refractivity contribution in [3.8, 4) is 0 Å². The van der Waals surface area contributed by atoms with E-state index in [1.165, 1.54) is 27.4 Å². The predicted octanol–water partition coefficient (Wildman–Crippen LogP) is 2.15. The lowest BCUT2D eigenvalue weighted by Crippen LogP contribution is -2.32. The summed E-state index contributed by atoms with van der Waals surface area (Å²) in [7, 11) is -0.706. The van der Waals surface area contributed by atoms with Crippen molar-refractivity contribution in [3.05, 3.63) is 28.8 Å². The topological polar surface area (TPSA) is 84.0 Å². The fourth-order valence-electron chi connectivity index (χ4n) is 2.59. The van der Waals surface area contributed by atoms with Crippen LogP contribution in [0.4, 0.5) is 0 Å². The summed E-state index contributed by atoms with van der Waals surface area (Å²) in [6, 6.07) is 3.95. The van der Waals surface area contributed by atoms with E-state index in [4.69, 9.17) is 16.3 Å². The number of carbonyl (C=O) groups excluding carboxylic acids is 2. The second-order valence-corrected chi connectivity index (χ2v) is 8.64. The van der Waals surface area contributed by atoms with Crippen molar-refractivity contribution in [3.63, 3.8) is 0 Å². The highest BCUT2D eigenvalue weighted by molar-refractivity contribution is 7.89. The second kappa shape index (κ2) is 8.83. The van der Waals surface area contributed by atoms with Crippen LogP contribution in [0.2, 0.25) is 5.02 Å². The molecule has 0 unspecified atom stereocenters. The van der Waals surface area contributed by atoms with Crippen LogP contribution >= 0.6 is 11.6 Å². The van der Waals surface area contributed by atoms with Crippen molar-refractivity contribution < 1.29 is 22.7 Å². The van der Waals surface area contributed by atoms with Crippen LogP contribution in [0.15, 0.2) is 23.1 Å². The Bertz CT molecular complexity index is 771. The largest absolute Gasteiger partial charge is 0.452 e. The lowest BCUT2D eigenvalue weighted by molar-refractivity contribution is -0.131. The highest BCUT2D eigenvalue weighted by Gasteiger charge is 2.28. The monoisotopic (exact) mass is 402 g/mol. The van der Waals surface area contributed by atoms with Crippen LogP contribution in [-0.4, -0.2) is 63.3 Å². The number of sulfonamides is 1. The van der Waals surface area contributed by atoms with Crippen molar-refractivity contribution in [1.29, 1.82) is 0 Å². The highest BCUT2D eigenvalue weighted by atomic mass is 35.5. The van der Waals surface area contributed by atoms with E-state index in [0.717, 1.165) is 25.7 Å². The molecule has 1 saturated heterocycles. The van der Waals surface area contributed by atoms with Gasteiger partial charge in [0.15, 0.2) is 6.61 Å². The number of ether oxygens (including phenoxy) is 1. The zero-order valence-electron chi connectivity index (χ0n) is 14.9. The number of esters is 1. The quantitative estimate of drug-likeness (QED) is 0.704. The van der Waals surface area contributed by atoms with Crippen LogP contribution in [0.1, 0.15) is 36.0 Å². The van der Waals surface area contributed by atoms with Gasteiger partial charge in [-0.1, -0.05) is 24.4 Å². The predicted molar refractivity (Wildman–Crippen MR) is 97.7 cm³/mol. The first-order valence-corrected chi connectivity index (χ1v) is 10.2. The third-order valence-corrected chi connectivity index (χ3v) is 6.56. The average Bonchev–Trinajstić information content (AvgIpc) is 2.89. The third-order valence-electron chi connectivity index (χ3n) is 4.18. The van der Waals surface area contributed by atoms with Gasteiger partial charge in [0.05, 0.1) is 10.6 Å². The fraction of sp³-hybridized carbons (Fsp3) is 0.529. The average molecular weight is 403 g/mol. The number of hydrogen-bond acceptors (Lipinski definition) is 5. The van der Waals surface area contributed by atoms with Crippen molar-refractivity contribution in [1.82, 2.24) is 9.21 Å². The Labute approximate surface area is 158 Å². The molecule has 0 atom stereocenters. The number of nitrogens with zero attached hydrogens (tertiary/aromatic N) is 2. The van der Waals surface area contributed by atoms with Crippen LogP contribution in [-0.2, 0) is 19.6 Å². The first kappa shape index (κ1) is 20.7. The normalized spacial score (nSPS) is 16.0. The van der Waals surface area contributed by atoms with Gasteiger partial charge in [0.25, 0.3) is 5.91 Å². The van der Waals surface area contributed by atoms with Crippen LogP contribution in [0.25, 0.3) is 0 Å². The summed E-state index contributed by atoms with van der Waals surface area (Å²) in [5.74, 6) is -1.14. The second-order valence-electron chi connectivity index (χ2n) is 6.33. The molecule has 0 spiro atoms. The minimum Gasteiger partial charge on any atom is -0.452 e. The van der Waals surface area contributed by atoms with E-state index in [0.29, 0.717) is 13.1 Å². The maximum Gasteiger partial charge on any atom is 0.338 e. The summed E-state index contributed by atoms with van der Waals surface area (Å²) in [5.41, 5.74) is 0.0364. The number of amides is 1. The van der Waals surface area contributed by atoms with Crippen LogP contribution in [0, 0.1) is 0 Å². The van der Waals surface area contributed by atoms with Gasteiger partial charge in [0.1, 0.15) is 4.90 Å². The molecule has 0 radical (unpaired) electrons. The van der Waals surface area contributed by atoms with E-state index in [9.17, 15) is 18.0 Å². The van der Waals surface area contributed by atoms with Crippen molar-refractivity contribution in [2.45, 2.75) is 30.6 Å². The Kier molecular flexibility index (Phi) is 7.02. The molecule has 7 nitrogen and oxygen atoms in total. The lowest BCUT2D eigenvalue weighted by Gasteiger charge is -2.21. The van der Waals surface area contributed by atoms with E-state index in [2.05, 4.69) is 0 Å². The van der Waals surface area contributed by atoms with Crippen molar-refractivity contribution in [2.24, 2.45) is 0 Å². The first-order chi connectivity index (χ1) is 12.2. The molecule has 1 aromatic rings.